The van der Waals surface area contributed by atoms with Crippen molar-refractivity contribution in [2.75, 3.05) is 18.1 Å². The molecular weight excluding hydrogens is 444 g/mol. The number of hydrogen-bond acceptors (Lipinski definition) is 8. The number of ether oxygens (including phenoxy) is 3. The highest BCUT2D eigenvalue weighted by molar-refractivity contribution is 7.13. The summed E-state index contributed by atoms with van der Waals surface area (Å²) in [5.74, 6) is 0.0774. The van der Waals surface area contributed by atoms with Crippen LogP contribution in [-0.4, -0.2) is 48.0 Å². The van der Waals surface area contributed by atoms with Crippen molar-refractivity contribution in [2.24, 2.45) is 0 Å². The number of nitrogens with zero attached hydrogens (tertiary/aromatic N) is 2. The van der Waals surface area contributed by atoms with Gasteiger partial charge in [0.25, 0.3) is 5.91 Å². The largest absolute Gasteiger partial charge is 0.486 e. The van der Waals surface area contributed by atoms with Crippen molar-refractivity contribution in [1.29, 1.82) is 0 Å². The molecule has 4 rings (SSSR count). The van der Waals surface area contributed by atoms with Gasteiger partial charge in [-0.1, -0.05) is 19.3 Å². The lowest BCUT2D eigenvalue weighted by molar-refractivity contribution is -0.154. The van der Waals surface area contributed by atoms with Crippen LogP contribution in [0.25, 0.3) is 0 Å². The van der Waals surface area contributed by atoms with Crippen molar-refractivity contribution >= 4 is 34.1 Å². The SMILES string of the molecule is CC(OC(=O)CCC(=O)c1ccc2c(c1)OCCO2)C(=O)N(c1nccs1)C1CCCCC1. The van der Waals surface area contributed by atoms with E-state index < -0.39 is 12.1 Å². The zero-order valence-electron chi connectivity index (χ0n) is 18.7. The number of benzene rings is 1. The molecule has 0 saturated heterocycles. The molecule has 2 heterocycles. The van der Waals surface area contributed by atoms with E-state index in [-0.39, 0.29) is 30.6 Å². The molecule has 176 valence electrons. The van der Waals surface area contributed by atoms with Crippen LogP contribution in [0.2, 0.25) is 0 Å². The van der Waals surface area contributed by atoms with E-state index in [0.717, 1.165) is 25.7 Å². The molecule has 2 aliphatic rings. The van der Waals surface area contributed by atoms with E-state index in [1.807, 2.05) is 5.38 Å². The Morgan fingerprint density at radius 1 is 1.12 bits per heavy atom. The van der Waals surface area contributed by atoms with Gasteiger partial charge < -0.3 is 14.2 Å². The number of ketones is 1. The second-order valence-corrected chi connectivity index (χ2v) is 9.10. The van der Waals surface area contributed by atoms with Gasteiger partial charge in [-0.15, -0.1) is 11.3 Å². The van der Waals surface area contributed by atoms with E-state index in [4.69, 9.17) is 14.2 Å². The van der Waals surface area contributed by atoms with Crippen LogP contribution in [0.1, 0.15) is 62.2 Å². The molecular formula is C24H28N2O6S. The van der Waals surface area contributed by atoms with E-state index in [1.54, 1.807) is 36.2 Å². The molecule has 1 aliphatic carbocycles. The Balaban J connectivity index is 1.32. The van der Waals surface area contributed by atoms with Gasteiger partial charge in [-0.05, 0) is 38.0 Å². The van der Waals surface area contributed by atoms with Crippen LogP contribution in [-0.2, 0) is 14.3 Å². The highest BCUT2D eigenvalue weighted by Crippen LogP contribution is 2.32. The van der Waals surface area contributed by atoms with E-state index in [9.17, 15) is 14.4 Å². The van der Waals surface area contributed by atoms with Crippen LogP contribution in [0.15, 0.2) is 29.8 Å². The van der Waals surface area contributed by atoms with Crippen molar-refractivity contribution < 1.29 is 28.6 Å². The van der Waals surface area contributed by atoms with Gasteiger partial charge in [-0.3, -0.25) is 19.3 Å². The van der Waals surface area contributed by atoms with E-state index >= 15 is 0 Å². The summed E-state index contributed by atoms with van der Waals surface area (Å²) in [6, 6.07) is 5.04. The first-order valence-corrected chi connectivity index (χ1v) is 12.3. The van der Waals surface area contributed by atoms with Crippen LogP contribution < -0.4 is 14.4 Å². The third kappa shape index (κ3) is 5.71. The van der Waals surface area contributed by atoms with E-state index in [0.29, 0.717) is 35.4 Å². The Morgan fingerprint density at radius 2 is 1.88 bits per heavy atom. The Bertz CT molecular complexity index is 987. The Hall–Kier alpha value is -2.94. The van der Waals surface area contributed by atoms with E-state index in [2.05, 4.69) is 4.98 Å². The maximum absolute atomic E-state index is 13.2. The quantitative estimate of drug-likeness (QED) is 0.420. The molecule has 1 saturated carbocycles. The first-order valence-electron chi connectivity index (χ1n) is 11.4. The minimum Gasteiger partial charge on any atom is -0.486 e. The fourth-order valence-corrected chi connectivity index (χ4v) is 4.90. The standard InChI is InChI=1S/C24H28N2O6S/c1-16(23(29)26(24-25-11-14-33-24)18-5-3-2-4-6-18)32-22(28)10-8-19(27)17-7-9-20-21(15-17)31-13-12-30-20/h7,9,11,14-16,18H,2-6,8,10,12-13H2,1H3. The minimum absolute atomic E-state index is 0.0157. The van der Waals surface area contributed by atoms with Crippen molar-refractivity contribution in [1.82, 2.24) is 4.98 Å². The highest BCUT2D eigenvalue weighted by atomic mass is 32.1. The molecule has 0 spiro atoms. The van der Waals surface area contributed by atoms with Crippen LogP contribution >= 0.6 is 11.3 Å². The monoisotopic (exact) mass is 472 g/mol. The zero-order valence-corrected chi connectivity index (χ0v) is 19.5. The average Bonchev–Trinajstić information content (AvgIpc) is 3.37. The lowest BCUT2D eigenvalue weighted by atomic mass is 9.94. The van der Waals surface area contributed by atoms with E-state index in [1.165, 1.54) is 17.8 Å². The van der Waals surface area contributed by atoms with Gasteiger partial charge in [0, 0.05) is 29.6 Å². The van der Waals surface area contributed by atoms with Crippen molar-refractivity contribution in [3.05, 3.63) is 35.3 Å². The van der Waals surface area contributed by atoms with Gasteiger partial charge >= 0.3 is 5.97 Å². The third-order valence-electron chi connectivity index (χ3n) is 5.88. The molecule has 33 heavy (non-hydrogen) atoms. The molecule has 8 nitrogen and oxygen atoms in total. The second kappa shape index (κ2) is 10.8. The van der Waals surface area contributed by atoms with Crippen molar-refractivity contribution in [3.8, 4) is 11.5 Å². The predicted octanol–water partition coefficient (Wildman–Crippen LogP) is 4.17. The Labute approximate surface area is 196 Å². The minimum atomic E-state index is -0.951. The second-order valence-electron chi connectivity index (χ2n) is 8.23. The molecule has 0 radical (unpaired) electrons. The maximum atomic E-state index is 13.2. The summed E-state index contributed by atoms with van der Waals surface area (Å²) >= 11 is 1.40. The number of rotatable bonds is 8. The summed E-state index contributed by atoms with van der Waals surface area (Å²) in [7, 11) is 0. The number of fused-ring (bicyclic) bond motifs is 1. The molecule has 1 amide bonds. The number of carbonyl (C=O) groups is 3. The Morgan fingerprint density at radius 3 is 2.61 bits per heavy atom. The Kier molecular flexibility index (Phi) is 7.59. The first-order chi connectivity index (χ1) is 16.0. The molecule has 1 unspecified atom stereocenters. The van der Waals surface area contributed by atoms with Gasteiger partial charge in [0.15, 0.2) is 28.5 Å². The molecule has 9 heteroatoms. The summed E-state index contributed by atoms with van der Waals surface area (Å²) in [5, 5.41) is 2.46. The number of carbonyl (C=O) groups excluding carboxylic acids is 3. The van der Waals surface area contributed by atoms with Gasteiger partial charge in [0.1, 0.15) is 13.2 Å². The number of esters is 1. The van der Waals surface area contributed by atoms with Gasteiger partial charge in [0.2, 0.25) is 0 Å². The van der Waals surface area contributed by atoms with Crippen molar-refractivity contribution in [2.45, 2.75) is 64.0 Å². The van der Waals surface area contributed by atoms with Crippen molar-refractivity contribution in [3.63, 3.8) is 0 Å². The number of amides is 1. The molecule has 1 aliphatic heterocycles. The summed E-state index contributed by atoms with van der Waals surface area (Å²) in [4.78, 5) is 44.2. The molecule has 1 aromatic heterocycles. The fourth-order valence-electron chi connectivity index (χ4n) is 4.18. The molecule has 0 bridgehead atoms. The molecule has 1 aromatic carbocycles. The van der Waals surface area contributed by atoms with Crippen LogP contribution in [0.5, 0.6) is 11.5 Å². The lowest BCUT2D eigenvalue weighted by Crippen LogP contribution is -2.47. The molecule has 1 fully saturated rings. The predicted molar refractivity (Wildman–Crippen MR) is 123 cm³/mol. The molecule has 0 N–H and O–H groups in total. The lowest BCUT2D eigenvalue weighted by Gasteiger charge is -2.33. The number of thiazole rings is 1. The summed E-state index contributed by atoms with van der Waals surface area (Å²) in [6.07, 6.45) is 5.72. The number of aromatic nitrogens is 1. The zero-order chi connectivity index (χ0) is 23.2. The van der Waals surface area contributed by atoms with Crippen LogP contribution in [0.4, 0.5) is 5.13 Å². The summed E-state index contributed by atoms with van der Waals surface area (Å²) in [5.41, 5.74) is 0.448. The fraction of sp³-hybridized carbons (Fsp3) is 0.500. The summed E-state index contributed by atoms with van der Waals surface area (Å²) in [6.45, 7) is 2.48. The topological polar surface area (TPSA) is 95.0 Å². The van der Waals surface area contributed by atoms with Gasteiger partial charge in [-0.2, -0.15) is 0 Å². The normalized spacial score (nSPS) is 16.6. The van der Waals surface area contributed by atoms with Gasteiger partial charge in [-0.25, -0.2) is 4.98 Å². The number of hydrogen-bond donors (Lipinski definition) is 0. The first kappa shape index (κ1) is 23.2. The number of Topliss-reactive ketones (excluding diaryl/α,β-unsaturated/α-hetero) is 1. The van der Waals surface area contributed by atoms with Crippen LogP contribution in [0, 0.1) is 0 Å². The van der Waals surface area contributed by atoms with Gasteiger partial charge in [0.05, 0.1) is 6.42 Å². The smallest absolute Gasteiger partial charge is 0.307 e. The molecule has 1 atom stereocenters. The highest BCUT2D eigenvalue weighted by Gasteiger charge is 2.33. The molecule has 2 aromatic rings. The third-order valence-corrected chi connectivity index (χ3v) is 6.65. The van der Waals surface area contributed by atoms with Crippen LogP contribution in [0.3, 0.4) is 0 Å². The average molecular weight is 473 g/mol. The number of anilines is 1. The summed E-state index contributed by atoms with van der Waals surface area (Å²) < 4.78 is 16.4. The maximum Gasteiger partial charge on any atom is 0.307 e.